The SMILES string of the molecule is CCCCCCCCCCCCCCCCC[C@H]1CO[C@H](C(C[N+](C)(C)C)OP(=O)([O-])OOC)CO1. The van der Waals surface area contributed by atoms with Crippen molar-refractivity contribution < 1.29 is 37.5 Å². The second-order valence-corrected chi connectivity index (χ2v) is 12.6. The van der Waals surface area contributed by atoms with E-state index in [9.17, 15) is 9.46 Å². The van der Waals surface area contributed by atoms with Crippen molar-refractivity contribution >= 4 is 7.82 Å². The summed E-state index contributed by atoms with van der Waals surface area (Å²) in [7, 11) is 2.44. The number of quaternary nitrogens is 1. The molecule has 0 saturated carbocycles. The van der Waals surface area contributed by atoms with Crippen molar-refractivity contribution in [1.29, 1.82) is 0 Å². The van der Waals surface area contributed by atoms with Crippen molar-refractivity contribution in [3.63, 3.8) is 0 Å². The van der Waals surface area contributed by atoms with Crippen molar-refractivity contribution in [1.82, 2.24) is 0 Å². The van der Waals surface area contributed by atoms with Gasteiger partial charge < -0.3 is 23.4 Å². The van der Waals surface area contributed by atoms with Crippen LogP contribution in [0.3, 0.4) is 0 Å². The quantitative estimate of drug-likeness (QED) is 0.0506. The van der Waals surface area contributed by atoms with Crippen LogP contribution in [0.2, 0.25) is 0 Å². The van der Waals surface area contributed by atoms with Gasteiger partial charge in [-0.05, 0) is 6.42 Å². The minimum Gasteiger partial charge on any atom is -0.754 e. The molecular weight excluding hydrogens is 481 g/mol. The number of rotatable bonds is 23. The summed E-state index contributed by atoms with van der Waals surface area (Å²) in [6.45, 7) is 3.46. The second kappa shape index (κ2) is 19.9. The summed E-state index contributed by atoms with van der Waals surface area (Å²) in [6.07, 6.45) is 20.2. The van der Waals surface area contributed by atoms with Gasteiger partial charge in [0, 0.05) is 0 Å². The molecule has 1 saturated heterocycles. The van der Waals surface area contributed by atoms with Crippen molar-refractivity contribution in [3.05, 3.63) is 0 Å². The molecule has 0 radical (unpaired) electrons. The fourth-order valence-electron chi connectivity index (χ4n) is 4.72. The highest BCUT2D eigenvalue weighted by Gasteiger charge is 2.36. The Labute approximate surface area is 221 Å². The molecule has 1 rings (SSSR count). The lowest BCUT2D eigenvalue weighted by Gasteiger charge is -2.38. The summed E-state index contributed by atoms with van der Waals surface area (Å²) >= 11 is 0. The molecule has 4 atom stereocenters. The normalized spacial score (nSPS) is 21.4. The van der Waals surface area contributed by atoms with Gasteiger partial charge in [0.2, 0.25) is 0 Å². The molecule has 0 aromatic heterocycles. The fourth-order valence-corrected chi connectivity index (χ4v) is 5.47. The first-order valence-electron chi connectivity index (χ1n) is 14.4. The molecule has 1 aliphatic rings. The monoisotopic (exact) mass is 537 g/mol. The molecule has 8 nitrogen and oxygen atoms in total. The Kier molecular flexibility index (Phi) is 18.8. The number of phosphoric ester groups is 1. The highest BCUT2D eigenvalue weighted by atomic mass is 31.2. The fraction of sp³-hybridized carbons (Fsp3) is 1.00. The van der Waals surface area contributed by atoms with Gasteiger partial charge in [0.25, 0.3) is 7.82 Å². The molecular formula is C27H56NO7P. The van der Waals surface area contributed by atoms with E-state index in [4.69, 9.17) is 14.0 Å². The Morgan fingerprint density at radius 3 is 1.75 bits per heavy atom. The molecule has 1 heterocycles. The summed E-state index contributed by atoms with van der Waals surface area (Å²) in [6, 6.07) is 0. The number of hydrogen-bond acceptors (Lipinski definition) is 7. The maximum absolute atomic E-state index is 12.0. The maximum Gasteiger partial charge on any atom is 0.298 e. The zero-order valence-electron chi connectivity index (χ0n) is 23.9. The summed E-state index contributed by atoms with van der Waals surface area (Å²) in [4.78, 5) is 16.2. The number of hydrogen-bond donors (Lipinski definition) is 0. The van der Waals surface area contributed by atoms with Crippen LogP contribution in [0.25, 0.3) is 0 Å². The van der Waals surface area contributed by atoms with Crippen molar-refractivity contribution in [2.45, 2.75) is 128 Å². The van der Waals surface area contributed by atoms with E-state index >= 15 is 0 Å². The minimum absolute atomic E-state index is 0.0577. The first-order chi connectivity index (χ1) is 17.2. The van der Waals surface area contributed by atoms with E-state index in [1.165, 1.54) is 89.9 Å². The molecule has 0 amide bonds. The average Bonchev–Trinajstić information content (AvgIpc) is 2.80. The van der Waals surface area contributed by atoms with Crippen LogP contribution in [0.5, 0.6) is 0 Å². The number of phosphoric acid groups is 1. The number of ether oxygens (including phenoxy) is 2. The highest BCUT2D eigenvalue weighted by Crippen LogP contribution is 2.41. The Balaban J connectivity index is 2.09. The molecule has 2 unspecified atom stereocenters. The second-order valence-electron chi connectivity index (χ2n) is 11.4. The molecule has 9 heteroatoms. The van der Waals surface area contributed by atoms with Gasteiger partial charge in [-0.1, -0.05) is 103 Å². The van der Waals surface area contributed by atoms with E-state index < -0.39 is 20.0 Å². The predicted molar refractivity (Wildman–Crippen MR) is 142 cm³/mol. The van der Waals surface area contributed by atoms with Crippen LogP contribution >= 0.6 is 7.82 Å². The van der Waals surface area contributed by atoms with E-state index in [0.29, 0.717) is 24.2 Å². The average molecular weight is 538 g/mol. The smallest absolute Gasteiger partial charge is 0.298 e. The van der Waals surface area contributed by atoms with E-state index in [-0.39, 0.29) is 6.10 Å². The molecule has 1 aliphatic heterocycles. The molecule has 1 fully saturated rings. The van der Waals surface area contributed by atoms with Crippen LogP contribution in [-0.2, 0) is 28.1 Å². The Morgan fingerprint density at radius 2 is 1.33 bits per heavy atom. The summed E-state index contributed by atoms with van der Waals surface area (Å²) < 4.78 is 34.0. The first kappa shape index (κ1) is 34.0. The lowest BCUT2D eigenvalue weighted by Crippen LogP contribution is -2.51. The lowest BCUT2D eigenvalue weighted by atomic mass is 10.0. The highest BCUT2D eigenvalue weighted by molar-refractivity contribution is 7.45. The summed E-state index contributed by atoms with van der Waals surface area (Å²) in [5, 5.41) is 0. The molecule has 216 valence electrons. The molecule has 0 spiro atoms. The zero-order chi connectivity index (χ0) is 26.7. The van der Waals surface area contributed by atoms with E-state index in [1.807, 2.05) is 21.1 Å². The van der Waals surface area contributed by atoms with Gasteiger partial charge in [0.05, 0.1) is 47.6 Å². The van der Waals surface area contributed by atoms with Gasteiger partial charge in [-0.15, -0.1) is 0 Å². The first-order valence-corrected chi connectivity index (χ1v) is 15.9. The number of likely N-dealkylation sites (N-methyl/N-ethyl adjacent to an activating group) is 1. The largest absolute Gasteiger partial charge is 0.754 e. The van der Waals surface area contributed by atoms with Crippen LogP contribution in [0.15, 0.2) is 0 Å². The topological polar surface area (TPSA) is 86.3 Å². The van der Waals surface area contributed by atoms with Gasteiger partial charge in [-0.2, -0.15) is 4.67 Å². The van der Waals surface area contributed by atoms with Gasteiger partial charge in [-0.25, -0.2) is 4.89 Å². The Morgan fingerprint density at radius 1 is 0.833 bits per heavy atom. The number of unbranched alkanes of at least 4 members (excludes halogenated alkanes) is 14. The Hall–Kier alpha value is -0.0500. The van der Waals surface area contributed by atoms with E-state index in [1.54, 1.807) is 0 Å². The third-order valence-corrected chi connectivity index (χ3v) is 7.56. The van der Waals surface area contributed by atoms with Crippen LogP contribution in [0, 0.1) is 0 Å². The van der Waals surface area contributed by atoms with Gasteiger partial charge in [-0.3, -0.25) is 4.57 Å². The van der Waals surface area contributed by atoms with Crippen LogP contribution in [0.4, 0.5) is 0 Å². The molecule has 0 aromatic carbocycles. The van der Waals surface area contributed by atoms with Gasteiger partial charge in [0.1, 0.15) is 18.8 Å². The van der Waals surface area contributed by atoms with Crippen molar-refractivity contribution in [3.8, 4) is 0 Å². The predicted octanol–water partition coefficient (Wildman–Crippen LogP) is 6.17. The molecule has 0 N–H and O–H groups in total. The van der Waals surface area contributed by atoms with Crippen LogP contribution in [-0.4, -0.2) is 70.8 Å². The summed E-state index contributed by atoms with van der Waals surface area (Å²) in [5.74, 6) is 0. The molecule has 0 aromatic rings. The maximum atomic E-state index is 12.0. The molecule has 0 aliphatic carbocycles. The minimum atomic E-state index is -4.58. The zero-order valence-corrected chi connectivity index (χ0v) is 24.8. The van der Waals surface area contributed by atoms with Crippen LogP contribution in [0.1, 0.15) is 110 Å². The molecule has 0 bridgehead atoms. The van der Waals surface area contributed by atoms with Crippen molar-refractivity contribution in [2.75, 3.05) is 48.0 Å². The molecule has 36 heavy (non-hydrogen) atoms. The van der Waals surface area contributed by atoms with Gasteiger partial charge in [0.15, 0.2) is 0 Å². The number of nitrogens with zero attached hydrogens (tertiary/aromatic N) is 1. The lowest BCUT2D eigenvalue weighted by molar-refractivity contribution is -0.873. The summed E-state index contributed by atoms with van der Waals surface area (Å²) in [5.41, 5.74) is 0. The Bertz CT molecular complexity index is 565. The van der Waals surface area contributed by atoms with Gasteiger partial charge >= 0.3 is 0 Å². The third-order valence-electron chi connectivity index (χ3n) is 6.69. The third kappa shape index (κ3) is 18.2. The standard InChI is InChI=1S/C27H56NO7P/c1-6-7-8-9-10-11-12-13-14-15-16-17-18-19-20-21-25-23-33-27(24-32-25)26(22-28(2,3)4)34-36(29,30)35-31-5/h25-27H,6-24H2,1-5H3/t25-,26?,27-/m0/s1. The van der Waals surface area contributed by atoms with E-state index in [0.717, 1.165) is 20.0 Å². The van der Waals surface area contributed by atoms with Crippen molar-refractivity contribution in [2.24, 2.45) is 0 Å². The van der Waals surface area contributed by atoms with Crippen LogP contribution < -0.4 is 4.89 Å². The van der Waals surface area contributed by atoms with E-state index in [2.05, 4.69) is 16.5 Å².